The third-order valence-corrected chi connectivity index (χ3v) is 3.58. The minimum absolute atomic E-state index is 0.375. The molecule has 0 amide bonds. The second kappa shape index (κ2) is 6.59. The summed E-state index contributed by atoms with van der Waals surface area (Å²) in [5, 5.41) is 3.75. The lowest BCUT2D eigenvalue weighted by atomic mass is 10.5. The van der Waals surface area contributed by atoms with Crippen molar-refractivity contribution in [2.45, 2.75) is 6.42 Å². The van der Waals surface area contributed by atoms with Crippen LogP contribution in [0.1, 0.15) is 16.1 Å². The average molecular weight is 262 g/mol. The number of carbonyl (C=O) groups excluding carboxylic acids is 1. The lowest BCUT2D eigenvalue weighted by Gasteiger charge is -2.00. The molecule has 5 nitrogen and oxygen atoms in total. The van der Waals surface area contributed by atoms with Crippen LogP contribution in [0.15, 0.2) is 6.20 Å². The summed E-state index contributed by atoms with van der Waals surface area (Å²) in [6, 6.07) is 0. The zero-order valence-electron chi connectivity index (χ0n) is 9.19. The molecule has 1 unspecified atom stereocenters. The van der Waals surface area contributed by atoms with Crippen LogP contribution in [0.25, 0.3) is 0 Å². The summed E-state index contributed by atoms with van der Waals surface area (Å²) >= 11 is 1.25. The van der Waals surface area contributed by atoms with E-state index < -0.39 is 10.8 Å². The van der Waals surface area contributed by atoms with Crippen molar-refractivity contribution in [2.24, 2.45) is 0 Å². The van der Waals surface area contributed by atoms with Crippen molar-refractivity contribution in [3.8, 4) is 0 Å². The van der Waals surface area contributed by atoms with Crippen LogP contribution >= 0.6 is 11.3 Å². The number of hydrogen-bond donors (Lipinski definition) is 1. The van der Waals surface area contributed by atoms with E-state index in [4.69, 9.17) is 0 Å². The summed E-state index contributed by atoms with van der Waals surface area (Å²) in [4.78, 5) is 15.6. The van der Waals surface area contributed by atoms with E-state index >= 15 is 0 Å². The molecule has 7 heteroatoms. The maximum Gasteiger partial charge on any atom is 0.349 e. The number of rotatable bonds is 6. The number of methoxy groups -OCH3 is 1. The van der Waals surface area contributed by atoms with Gasteiger partial charge in [0.1, 0.15) is 4.88 Å². The number of thiazole rings is 1. The van der Waals surface area contributed by atoms with Gasteiger partial charge in [-0.2, -0.15) is 0 Å². The molecular formula is C9H14N2O3S2. The molecule has 0 aromatic carbocycles. The fourth-order valence-corrected chi connectivity index (χ4v) is 2.33. The molecule has 0 aliphatic carbocycles. The van der Waals surface area contributed by atoms with E-state index in [1.165, 1.54) is 24.6 Å². The summed E-state index contributed by atoms with van der Waals surface area (Å²) in [6.45, 7) is 0.702. The highest BCUT2D eigenvalue weighted by Crippen LogP contribution is 2.18. The number of esters is 1. The van der Waals surface area contributed by atoms with Gasteiger partial charge in [-0.05, 0) is 6.42 Å². The minimum Gasteiger partial charge on any atom is -0.465 e. The molecule has 0 aliphatic rings. The van der Waals surface area contributed by atoms with Crippen molar-refractivity contribution in [1.82, 2.24) is 4.98 Å². The first-order valence-electron chi connectivity index (χ1n) is 4.71. The molecule has 0 saturated carbocycles. The first-order valence-corrected chi connectivity index (χ1v) is 7.26. The van der Waals surface area contributed by atoms with Crippen molar-refractivity contribution < 1.29 is 13.7 Å². The molecule has 0 aliphatic heterocycles. The van der Waals surface area contributed by atoms with Crippen LogP contribution in [0.4, 0.5) is 5.13 Å². The van der Waals surface area contributed by atoms with Crippen LogP contribution in [0.3, 0.4) is 0 Å². The molecule has 1 atom stereocenters. The lowest BCUT2D eigenvalue weighted by Crippen LogP contribution is -2.05. The maximum atomic E-state index is 11.1. The normalized spacial score (nSPS) is 12.1. The van der Waals surface area contributed by atoms with Crippen LogP contribution in [-0.4, -0.2) is 40.8 Å². The SMILES string of the molecule is COC(=O)c1cnc(NCCCS(C)=O)s1. The van der Waals surface area contributed by atoms with E-state index in [-0.39, 0.29) is 5.97 Å². The molecular weight excluding hydrogens is 248 g/mol. The molecule has 1 aromatic heterocycles. The maximum absolute atomic E-state index is 11.1. The molecule has 0 spiro atoms. The predicted molar refractivity (Wildman–Crippen MR) is 65.5 cm³/mol. The molecule has 0 radical (unpaired) electrons. The summed E-state index contributed by atoms with van der Waals surface area (Å²) in [7, 11) is 0.581. The van der Waals surface area contributed by atoms with E-state index in [2.05, 4.69) is 15.0 Å². The Labute approximate surface area is 101 Å². The first kappa shape index (κ1) is 13.1. The minimum atomic E-state index is -0.758. The van der Waals surface area contributed by atoms with Crippen molar-refractivity contribution in [3.05, 3.63) is 11.1 Å². The Morgan fingerprint density at radius 1 is 1.69 bits per heavy atom. The van der Waals surface area contributed by atoms with Crippen molar-refractivity contribution in [2.75, 3.05) is 31.0 Å². The van der Waals surface area contributed by atoms with Gasteiger partial charge >= 0.3 is 5.97 Å². The van der Waals surface area contributed by atoms with Gasteiger partial charge in [-0.15, -0.1) is 0 Å². The molecule has 1 aromatic rings. The summed E-state index contributed by atoms with van der Waals surface area (Å²) in [5.41, 5.74) is 0. The quantitative estimate of drug-likeness (QED) is 0.614. The molecule has 1 rings (SSSR count). The Morgan fingerprint density at radius 2 is 2.44 bits per heavy atom. The van der Waals surface area contributed by atoms with Crippen LogP contribution in [-0.2, 0) is 15.5 Å². The highest BCUT2D eigenvalue weighted by Gasteiger charge is 2.09. The van der Waals surface area contributed by atoms with Crippen molar-refractivity contribution in [3.63, 3.8) is 0 Å². The largest absolute Gasteiger partial charge is 0.465 e. The molecule has 1 heterocycles. The summed E-state index contributed by atoms with van der Waals surface area (Å²) < 4.78 is 15.4. The van der Waals surface area contributed by atoms with Gasteiger partial charge in [0.2, 0.25) is 0 Å². The zero-order valence-corrected chi connectivity index (χ0v) is 10.8. The average Bonchev–Trinajstić information content (AvgIpc) is 2.71. The molecule has 0 bridgehead atoms. The second-order valence-corrected chi connectivity index (χ2v) is 5.66. The lowest BCUT2D eigenvalue weighted by molar-refractivity contribution is 0.0606. The number of hydrogen-bond acceptors (Lipinski definition) is 6. The van der Waals surface area contributed by atoms with Gasteiger partial charge in [0.25, 0.3) is 0 Å². The fourth-order valence-electron chi connectivity index (χ4n) is 1.02. The number of carbonyl (C=O) groups is 1. The predicted octanol–water partition coefficient (Wildman–Crippen LogP) is 1.11. The number of anilines is 1. The highest BCUT2D eigenvalue weighted by atomic mass is 32.2. The van der Waals surface area contributed by atoms with Gasteiger partial charge < -0.3 is 10.1 Å². The monoisotopic (exact) mass is 262 g/mol. The smallest absolute Gasteiger partial charge is 0.349 e. The fraction of sp³-hybridized carbons (Fsp3) is 0.556. The van der Waals surface area contributed by atoms with Gasteiger partial charge in [-0.1, -0.05) is 11.3 Å². The molecule has 90 valence electrons. The zero-order chi connectivity index (χ0) is 12.0. The Bertz CT molecular complexity index is 379. The van der Waals surface area contributed by atoms with Gasteiger partial charge in [0.05, 0.1) is 13.3 Å². The Hall–Kier alpha value is -0.950. The van der Waals surface area contributed by atoms with E-state index in [0.717, 1.165) is 6.42 Å². The summed E-state index contributed by atoms with van der Waals surface area (Å²) in [5.74, 6) is 0.294. The third kappa shape index (κ3) is 4.28. The first-order chi connectivity index (χ1) is 7.63. The van der Waals surface area contributed by atoms with Gasteiger partial charge in [-0.3, -0.25) is 4.21 Å². The number of ether oxygens (including phenoxy) is 1. The molecule has 1 N–H and O–H groups in total. The Kier molecular flexibility index (Phi) is 5.41. The number of nitrogens with one attached hydrogen (secondary N) is 1. The van der Waals surface area contributed by atoms with Gasteiger partial charge in [-0.25, -0.2) is 9.78 Å². The van der Waals surface area contributed by atoms with Gasteiger partial charge in [0, 0.05) is 29.4 Å². The molecule has 0 saturated heterocycles. The topological polar surface area (TPSA) is 68.3 Å². The van der Waals surface area contributed by atoms with Crippen LogP contribution in [0.2, 0.25) is 0 Å². The van der Waals surface area contributed by atoms with E-state index in [9.17, 15) is 9.00 Å². The van der Waals surface area contributed by atoms with Gasteiger partial charge in [0.15, 0.2) is 5.13 Å². The van der Waals surface area contributed by atoms with Crippen LogP contribution in [0, 0.1) is 0 Å². The van der Waals surface area contributed by atoms with Crippen LogP contribution < -0.4 is 5.32 Å². The third-order valence-electron chi connectivity index (χ3n) is 1.78. The molecule has 16 heavy (non-hydrogen) atoms. The highest BCUT2D eigenvalue weighted by molar-refractivity contribution is 7.84. The van der Waals surface area contributed by atoms with E-state index in [1.54, 1.807) is 6.26 Å². The van der Waals surface area contributed by atoms with E-state index in [0.29, 0.717) is 22.3 Å². The molecule has 0 fully saturated rings. The summed E-state index contributed by atoms with van der Waals surface area (Å²) in [6.07, 6.45) is 3.98. The van der Waals surface area contributed by atoms with E-state index in [1.807, 2.05) is 0 Å². The Balaban J connectivity index is 2.35. The number of nitrogens with zero attached hydrogens (tertiary/aromatic N) is 1. The van der Waals surface area contributed by atoms with Crippen molar-refractivity contribution in [1.29, 1.82) is 0 Å². The Morgan fingerprint density at radius 3 is 3.06 bits per heavy atom. The second-order valence-electron chi connectivity index (χ2n) is 3.08. The van der Waals surface area contributed by atoms with Crippen molar-refractivity contribution >= 4 is 33.2 Å². The standard InChI is InChI=1S/C9H14N2O3S2/c1-14-8(12)7-6-11-9(15-7)10-4-3-5-16(2)13/h6H,3-5H2,1-2H3,(H,10,11). The number of aromatic nitrogens is 1. The van der Waals surface area contributed by atoms with Crippen LogP contribution in [0.5, 0.6) is 0 Å².